The molecular formula is C16H11NO5S3. The molecule has 0 spiro atoms. The van der Waals surface area contributed by atoms with Crippen molar-refractivity contribution in [2.75, 3.05) is 5.75 Å². The number of hydrogen-bond acceptors (Lipinski definition) is 6. The number of ketones is 1. The lowest BCUT2D eigenvalue weighted by atomic mass is 9.94. The number of sulfonamides is 1. The first kappa shape index (κ1) is 17.6. The molecule has 0 saturated carbocycles. The number of Topliss-reactive ketones (excluding diaryl/α,β-unsaturated/α-hetero) is 1. The van der Waals surface area contributed by atoms with Crippen LogP contribution in [0.5, 0.6) is 0 Å². The quantitative estimate of drug-likeness (QED) is 0.838. The Labute approximate surface area is 152 Å². The Balaban J connectivity index is 2.10. The van der Waals surface area contributed by atoms with Crippen molar-refractivity contribution in [2.45, 2.75) is 4.21 Å². The predicted octanol–water partition coefficient (Wildman–Crippen LogP) is 2.82. The Morgan fingerprint density at radius 1 is 1.16 bits per heavy atom. The average molecular weight is 393 g/mol. The third kappa shape index (κ3) is 3.73. The number of fused-ring (bicyclic) bond motifs is 1. The third-order valence-electron chi connectivity index (χ3n) is 3.26. The molecule has 1 aliphatic carbocycles. The van der Waals surface area contributed by atoms with Gasteiger partial charge in [-0.05, 0) is 17.5 Å². The van der Waals surface area contributed by atoms with Crippen molar-refractivity contribution in [3.8, 4) is 0 Å². The van der Waals surface area contributed by atoms with E-state index in [0.717, 1.165) is 23.1 Å². The minimum Gasteiger partial charge on any atom is -0.481 e. The van der Waals surface area contributed by atoms with Crippen molar-refractivity contribution in [3.63, 3.8) is 0 Å². The molecule has 0 radical (unpaired) electrons. The smallest absolute Gasteiger partial charge is 0.313 e. The van der Waals surface area contributed by atoms with Crippen LogP contribution >= 0.6 is 23.1 Å². The van der Waals surface area contributed by atoms with Gasteiger partial charge in [0.2, 0.25) is 0 Å². The molecule has 2 aromatic rings. The summed E-state index contributed by atoms with van der Waals surface area (Å²) in [4.78, 5) is 23.4. The molecule has 0 amide bonds. The highest BCUT2D eigenvalue weighted by Gasteiger charge is 2.26. The summed E-state index contributed by atoms with van der Waals surface area (Å²) in [6, 6.07) is 9.59. The van der Waals surface area contributed by atoms with E-state index >= 15 is 0 Å². The number of hydrogen-bond donors (Lipinski definition) is 1. The molecule has 6 nitrogen and oxygen atoms in total. The molecule has 0 atom stereocenters. The summed E-state index contributed by atoms with van der Waals surface area (Å²) >= 11 is 1.89. The molecule has 1 aromatic heterocycles. The number of carbonyl (C=O) groups excluding carboxylic acids is 1. The van der Waals surface area contributed by atoms with E-state index in [1.54, 1.807) is 35.7 Å². The fraction of sp³-hybridized carbons (Fsp3) is 0.0625. The zero-order valence-corrected chi connectivity index (χ0v) is 15.0. The molecule has 128 valence electrons. The first-order valence-corrected chi connectivity index (χ1v) is 10.3. The Hall–Kier alpha value is -2.23. The van der Waals surface area contributed by atoms with Crippen LogP contribution < -0.4 is 0 Å². The molecule has 3 rings (SSSR count). The van der Waals surface area contributed by atoms with Crippen molar-refractivity contribution in [3.05, 3.63) is 63.9 Å². The average Bonchev–Trinajstić information content (AvgIpc) is 3.11. The summed E-state index contributed by atoms with van der Waals surface area (Å²) in [7, 11) is -3.91. The monoisotopic (exact) mass is 393 g/mol. The van der Waals surface area contributed by atoms with E-state index in [2.05, 4.69) is 4.40 Å². The van der Waals surface area contributed by atoms with E-state index in [9.17, 15) is 18.0 Å². The molecule has 25 heavy (non-hydrogen) atoms. The lowest BCUT2D eigenvalue weighted by Gasteiger charge is -2.16. The Kier molecular flexibility index (Phi) is 4.89. The van der Waals surface area contributed by atoms with Gasteiger partial charge in [-0.2, -0.15) is 12.8 Å². The highest BCUT2D eigenvalue weighted by Crippen LogP contribution is 2.30. The number of thioether (sulfide) groups is 1. The largest absolute Gasteiger partial charge is 0.481 e. The second-order valence-corrected chi connectivity index (χ2v) is 8.75. The van der Waals surface area contributed by atoms with Gasteiger partial charge in [0.25, 0.3) is 10.0 Å². The first-order chi connectivity index (χ1) is 11.9. The zero-order chi connectivity index (χ0) is 18.0. The number of carbonyl (C=O) groups is 2. The fourth-order valence-corrected chi connectivity index (χ4v) is 4.89. The minimum absolute atomic E-state index is 0.0996. The van der Waals surface area contributed by atoms with Crippen molar-refractivity contribution in [1.29, 1.82) is 0 Å². The first-order valence-electron chi connectivity index (χ1n) is 6.97. The van der Waals surface area contributed by atoms with Crippen LogP contribution in [0.25, 0.3) is 0 Å². The van der Waals surface area contributed by atoms with Crippen molar-refractivity contribution < 1.29 is 23.1 Å². The van der Waals surface area contributed by atoms with Crippen molar-refractivity contribution in [1.82, 2.24) is 0 Å². The van der Waals surface area contributed by atoms with Gasteiger partial charge in [-0.1, -0.05) is 30.3 Å². The van der Waals surface area contributed by atoms with Gasteiger partial charge in [-0.3, -0.25) is 9.59 Å². The maximum atomic E-state index is 12.5. The van der Waals surface area contributed by atoms with Gasteiger partial charge in [0, 0.05) is 11.1 Å². The van der Waals surface area contributed by atoms with Crippen molar-refractivity contribution >= 4 is 50.6 Å². The van der Waals surface area contributed by atoms with Crippen LogP contribution in [-0.2, 0) is 14.8 Å². The molecule has 0 unspecified atom stereocenters. The summed E-state index contributed by atoms with van der Waals surface area (Å²) in [5.74, 6) is -1.71. The summed E-state index contributed by atoms with van der Waals surface area (Å²) in [5.41, 5.74) is 0.835. The Morgan fingerprint density at radius 2 is 1.88 bits per heavy atom. The molecule has 0 aliphatic heterocycles. The van der Waals surface area contributed by atoms with Gasteiger partial charge >= 0.3 is 5.97 Å². The van der Waals surface area contributed by atoms with Crippen molar-refractivity contribution in [2.24, 2.45) is 4.40 Å². The Bertz CT molecular complexity index is 1000. The lowest BCUT2D eigenvalue weighted by Crippen LogP contribution is -2.18. The van der Waals surface area contributed by atoms with E-state index < -0.39 is 16.0 Å². The van der Waals surface area contributed by atoms with Crippen LogP contribution in [0.3, 0.4) is 0 Å². The Morgan fingerprint density at radius 3 is 2.52 bits per heavy atom. The molecule has 1 heterocycles. The van der Waals surface area contributed by atoms with Gasteiger partial charge < -0.3 is 5.11 Å². The number of aliphatic carboxylic acids is 1. The fourth-order valence-electron chi connectivity index (χ4n) is 2.21. The van der Waals surface area contributed by atoms with Crippen LogP contribution in [-0.4, -0.2) is 36.7 Å². The van der Waals surface area contributed by atoms with Crippen LogP contribution in [0.1, 0.15) is 15.9 Å². The molecule has 1 N–H and O–H groups in total. The van der Waals surface area contributed by atoms with Gasteiger partial charge in [-0.25, -0.2) is 0 Å². The number of benzene rings is 1. The highest BCUT2D eigenvalue weighted by atomic mass is 32.2. The normalized spacial score (nSPS) is 15.8. The summed E-state index contributed by atoms with van der Waals surface area (Å²) in [5, 5.41) is 10.5. The standard InChI is InChI=1S/C16H11NO5S3/c18-14(19)9-24-13-8-12(10-4-1-2-5-11(10)16(13)20)17-25(21,22)15-6-3-7-23-15/h1-8H,9H2,(H,18,19). The molecule has 0 bridgehead atoms. The molecule has 0 saturated heterocycles. The van der Waals surface area contributed by atoms with E-state index in [1.807, 2.05) is 0 Å². The SMILES string of the molecule is O=C(O)CSC1=CC(=NS(=O)(=O)c2cccs2)c2ccccc2C1=O. The minimum atomic E-state index is -3.91. The number of carboxylic acid groups (broad SMARTS) is 1. The number of allylic oxidation sites excluding steroid dienone is 2. The predicted molar refractivity (Wildman–Crippen MR) is 97.0 cm³/mol. The molecule has 1 aromatic carbocycles. The second kappa shape index (κ2) is 6.95. The molecular weight excluding hydrogens is 382 g/mol. The molecule has 0 fully saturated rings. The van der Waals surface area contributed by atoms with Gasteiger partial charge in [-0.15, -0.1) is 23.1 Å². The third-order valence-corrected chi connectivity index (χ3v) is 6.93. The number of thiophene rings is 1. The number of rotatable bonds is 5. The van der Waals surface area contributed by atoms with E-state index in [4.69, 9.17) is 5.11 Å². The topological polar surface area (TPSA) is 101 Å². The van der Waals surface area contributed by atoms with Gasteiger partial charge in [0.05, 0.1) is 16.4 Å². The van der Waals surface area contributed by atoms with Crippen LogP contribution in [0, 0.1) is 0 Å². The van der Waals surface area contributed by atoms with Crippen LogP contribution in [0.4, 0.5) is 0 Å². The summed E-state index contributed by atoms with van der Waals surface area (Å²) in [6.07, 6.45) is 1.34. The van der Waals surface area contributed by atoms with Crippen LogP contribution in [0.2, 0.25) is 0 Å². The summed E-state index contributed by atoms with van der Waals surface area (Å²) in [6.45, 7) is 0. The maximum Gasteiger partial charge on any atom is 0.313 e. The molecule has 1 aliphatic rings. The highest BCUT2D eigenvalue weighted by molar-refractivity contribution is 8.04. The van der Waals surface area contributed by atoms with Gasteiger partial charge in [0.15, 0.2) is 5.78 Å². The van der Waals surface area contributed by atoms with E-state index in [-0.39, 0.29) is 26.4 Å². The van der Waals surface area contributed by atoms with Crippen LogP contribution in [0.15, 0.2) is 61.4 Å². The number of nitrogens with zero attached hydrogens (tertiary/aromatic N) is 1. The number of carboxylic acids is 1. The lowest BCUT2D eigenvalue weighted by molar-refractivity contribution is -0.133. The second-order valence-electron chi connectivity index (χ2n) is 4.95. The summed E-state index contributed by atoms with van der Waals surface area (Å²) < 4.78 is 28.8. The van der Waals surface area contributed by atoms with E-state index in [0.29, 0.717) is 11.1 Å². The zero-order valence-electron chi connectivity index (χ0n) is 12.6. The van der Waals surface area contributed by atoms with E-state index in [1.165, 1.54) is 12.1 Å². The molecule has 9 heteroatoms. The van der Waals surface area contributed by atoms with Gasteiger partial charge in [0.1, 0.15) is 4.21 Å². The maximum absolute atomic E-state index is 12.5.